The number of hydrogen-bond donors (Lipinski definition) is 3. The Balaban J connectivity index is 0.00000300. The van der Waals surface area contributed by atoms with Crippen molar-refractivity contribution in [3.8, 4) is 0 Å². The molecule has 1 aliphatic heterocycles. The Labute approximate surface area is 183 Å². The van der Waals surface area contributed by atoms with E-state index in [1.807, 2.05) is 38.1 Å². The second-order valence-electron chi connectivity index (χ2n) is 7.54. The van der Waals surface area contributed by atoms with Crippen LogP contribution in [0.15, 0.2) is 42.5 Å². The molecular weight excluding hydrogens is 409 g/mol. The van der Waals surface area contributed by atoms with Gasteiger partial charge in [-0.1, -0.05) is 23.7 Å². The fourth-order valence-corrected chi connectivity index (χ4v) is 3.54. The molecule has 2 amide bonds. The van der Waals surface area contributed by atoms with Crippen molar-refractivity contribution in [2.24, 2.45) is 5.92 Å². The van der Waals surface area contributed by atoms with Crippen molar-refractivity contribution in [2.45, 2.75) is 32.7 Å². The van der Waals surface area contributed by atoms with Crippen LogP contribution in [0.4, 0.5) is 5.69 Å². The van der Waals surface area contributed by atoms with Gasteiger partial charge in [-0.3, -0.25) is 9.59 Å². The summed E-state index contributed by atoms with van der Waals surface area (Å²) in [5.74, 6) is 0.192. The van der Waals surface area contributed by atoms with Crippen LogP contribution in [0.1, 0.15) is 46.5 Å². The SMILES string of the molecule is CC(C)NC(=O)c1cc(NC(=O)c2ccc(CC3CCNC3)cc2)ccc1Cl.Cl. The number of rotatable bonds is 6. The normalized spacial score (nSPS) is 15.7. The molecule has 1 aliphatic rings. The lowest BCUT2D eigenvalue weighted by Crippen LogP contribution is -2.30. The Bertz CT molecular complexity index is 848. The van der Waals surface area contributed by atoms with Gasteiger partial charge in [0, 0.05) is 17.3 Å². The summed E-state index contributed by atoms with van der Waals surface area (Å²) < 4.78 is 0. The summed E-state index contributed by atoms with van der Waals surface area (Å²) in [7, 11) is 0. The van der Waals surface area contributed by atoms with Crippen LogP contribution in [0.2, 0.25) is 5.02 Å². The van der Waals surface area contributed by atoms with Crippen molar-refractivity contribution in [3.63, 3.8) is 0 Å². The molecular formula is C22H27Cl2N3O2. The Morgan fingerprint density at radius 2 is 1.86 bits per heavy atom. The molecule has 0 bridgehead atoms. The summed E-state index contributed by atoms with van der Waals surface area (Å²) in [6.07, 6.45) is 2.23. The highest BCUT2D eigenvalue weighted by molar-refractivity contribution is 6.34. The summed E-state index contributed by atoms with van der Waals surface area (Å²) in [5, 5.41) is 9.37. The number of halogens is 2. The van der Waals surface area contributed by atoms with Crippen LogP contribution in [0.3, 0.4) is 0 Å². The molecule has 1 saturated heterocycles. The molecule has 0 radical (unpaired) electrons. The van der Waals surface area contributed by atoms with Gasteiger partial charge < -0.3 is 16.0 Å². The first-order valence-electron chi connectivity index (χ1n) is 9.64. The number of nitrogens with one attached hydrogen (secondary N) is 3. The van der Waals surface area contributed by atoms with Crippen LogP contribution in [-0.4, -0.2) is 30.9 Å². The third-order valence-corrected chi connectivity index (χ3v) is 5.12. The maximum atomic E-state index is 12.6. The average molecular weight is 436 g/mol. The summed E-state index contributed by atoms with van der Waals surface area (Å²) in [4.78, 5) is 24.8. The van der Waals surface area contributed by atoms with Crippen LogP contribution in [0.25, 0.3) is 0 Å². The highest BCUT2D eigenvalue weighted by Crippen LogP contribution is 2.22. The van der Waals surface area contributed by atoms with Crippen molar-refractivity contribution in [3.05, 3.63) is 64.2 Å². The predicted molar refractivity (Wildman–Crippen MR) is 120 cm³/mol. The maximum absolute atomic E-state index is 12.6. The van der Waals surface area contributed by atoms with E-state index in [0.717, 1.165) is 19.5 Å². The number of carbonyl (C=O) groups is 2. The molecule has 0 aliphatic carbocycles. The van der Waals surface area contributed by atoms with E-state index in [2.05, 4.69) is 16.0 Å². The van der Waals surface area contributed by atoms with E-state index in [4.69, 9.17) is 11.6 Å². The quantitative estimate of drug-likeness (QED) is 0.632. The first-order valence-corrected chi connectivity index (χ1v) is 10.0. The van der Waals surface area contributed by atoms with E-state index in [0.29, 0.717) is 27.8 Å². The second-order valence-corrected chi connectivity index (χ2v) is 7.94. The van der Waals surface area contributed by atoms with Crippen molar-refractivity contribution in [1.29, 1.82) is 0 Å². The van der Waals surface area contributed by atoms with Gasteiger partial charge in [-0.05, 0) is 81.6 Å². The van der Waals surface area contributed by atoms with E-state index < -0.39 is 0 Å². The smallest absolute Gasteiger partial charge is 0.255 e. The molecule has 3 rings (SSSR count). The lowest BCUT2D eigenvalue weighted by atomic mass is 9.98. The Hall–Kier alpha value is -2.08. The lowest BCUT2D eigenvalue weighted by Gasteiger charge is -2.12. The number of hydrogen-bond acceptors (Lipinski definition) is 3. The minimum atomic E-state index is -0.262. The molecule has 156 valence electrons. The molecule has 2 aromatic carbocycles. The molecule has 2 aromatic rings. The van der Waals surface area contributed by atoms with Crippen LogP contribution in [0.5, 0.6) is 0 Å². The van der Waals surface area contributed by atoms with Gasteiger partial charge in [0.2, 0.25) is 0 Å². The van der Waals surface area contributed by atoms with E-state index in [9.17, 15) is 9.59 Å². The van der Waals surface area contributed by atoms with Gasteiger partial charge in [-0.2, -0.15) is 0 Å². The van der Waals surface area contributed by atoms with E-state index in [1.54, 1.807) is 18.2 Å². The minimum absolute atomic E-state index is 0. The van der Waals surface area contributed by atoms with Crippen molar-refractivity contribution in [2.75, 3.05) is 18.4 Å². The zero-order valence-electron chi connectivity index (χ0n) is 16.6. The molecule has 1 fully saturated rings. The molecule has 7 heteroatoms. The number of anilines is 1. The van der Waals surface area contributed by atoms with Gasteiger partial charge in [0.25, 0.3) is 11.8 Å². The molecule has 0 aromatic heterocycles. The summed E-state index contributed by atoms with van der Waals surface area (Å²) >= 11 is 6.14. The highest BCUT2D eigenvalue weighted by atomic mass is 35.5. The fourth-order valence-electron chi connectivity index (χ4n) is 3.33. The maximum Gasteiger partial charge on any atom is 0.255 e. The van der Waals surface area contributed by atoms with E-state index >= 15 is 0 Å². The second kappa shape index (κ2) is 10.6. The van der Waals surface area contributed by atoms with Crippen molar-refractivity contribution >= 4 is 41.5 Å². The summed E-state index contributed by atoms with van der Waals surface area (Å²) in [5.41, 5.74) is 2.69. The molecule has 1 heterocycles. The summed E-state index contributed by atoms with van der Waals surface area (Å²) in [6.45, 7) is 5.91. The van der Waals surface area contributed by atoms with Gasteiger partial charge in [-0.15, -0.1) is 12.4 Å². The number of amides is 2. The zero-order chi connectivity index (χ0) is 20.1. The van der Waals surface area contributed by atoms with Gasteiger partial charge in [0.15, 0.2) is 0 Å². The minimum Gasteiger partial charge on any atom is -0.350 e. The van der Waals surface area contributed by atoms with Gasteiger partial charge in [0.05, 0.1) is 10.6 Å². The number of carbonyl (C=O) groups excluding carboxylic acids is 2. The molecule has 29 heavy (non-hydrogen) atoms. The highest BCUT2D eigenvalue weighted by Gasteiger charge is 2.16. The Morgan fingerprint density at radius 3 is 2.48 bits per heavy atom. The third kappa shape index (κ3) is 6.46. The van der Waals surface area contributed by atoms with Gasteiger partial charge in [-0.25, -0.2) is 0 Å². The zero-order valence-corrected chi connectivity index (χ0v) is 18.2. The molecule has 1 atom stereocenters. The Morgan fingerprint density at radius 1 is 1.14 bits per heavy atom. The van der Waals surface area contributed by atoms with Crippen LogP contribution in [0, 0.1) is 5.92 Å². The fraction of sp³-hybridized carbons (Fsp3) is 0.364. The largest absolute Gasteiger partial charge is 0.350 e. The average Bonchev–Trinajstić information content (AvgIpc) is 3.16. The van der Waals surface area contributed by atoms with Gasteiger partial charge in [0.1, 0.15) is 0 Å². The topological polar surface area (TPSA) is 70.2 Å². The summed E-state index contributed by atoms with van der Waals surface area (Å²) in [6, 6.07) is 12.6. The molecule has 0 spiro atoms. The molecule has 3 N–H and O–H groups in total. The van der Waals surface area contributed by atoms with Crippen LogP contribution in [-0.2, 0) is 6.42 Å². The monoisotopic (exact) mass is 435 g/mol. The van der Waals surface area contributed by atoms with E-state index in [-0.39, 0.29) is 30.3 Å². The van der Waals surface area contributed by atoms with Crippen molar-refractivity contribution < 1.29 is 9.59 Å². The first-order chi connectivity index (χ1) is 13.4. The number of benzene rings is 2. The van der Waals surface area contributed by atoms with E-state index in [1.165, 1.54) is 12.0 Å². The standard InChI is InChI=1S/C22H26ClN3O2.ClH/c1-14(2)25-22(28)19-12-18(7-8-20(19)23)26-21(27)17-5-3-15(4-6-17)11-16-9-10-24-13-16;/h3-8,12,14,16,24H,9-11,13H2,1-2H3,(H,25,28)(H,26,27);1H. The van der Waals surface area contributed by atoms with Crippen LogP contribution >= 0.6 is 24.0 Å². The lowest BCUT2D eigenvalue weighted by molar-refractivity contribution is 0.0942. The molecule has 1 unspecified atom stereocenters. The van der Waals surface area contributed by atoms with Gasteiger partial charge >= 0.3 is 0 Å². The first kappa shape index (κ1) is 23.2. The van der Waals surface area contributed by atoms with Crippen molar-refractivity contribution in [1.82, 2.24) is 10.6 Å². The third-order valence-electron chi connectivity index (χ3n) is 4.79. The molecule has 0 saturated carbocycles. The predicted octanol–water partition coefficient (Wildman–Crippen LogP) is 4.30. The van der Waals surface area contributed by atoms with Crippen LogP contribution < -0.4 is 16.0 Å². The molecule has 5 nitrogen and oxygen atoms in total. The Kier molecular flexibility index (Phi) is 8.50.